The molecule has 0 aromatic heterocycles. The monoisotopic (exact) mass is 338 g/mol. The van der Waals surface area contributed by atoms with Crippen molar-refractivity contribution >= 4 is 15.7 Å². The maximum Gasteiger partial charge on any atom is 0.235 e. The second kappa shape index (κ2) is 6.79. The fourth-order valence-corrected chi connectivity index (χ4v) is 5.48. The van der Waals surface area contributed by atoms with E-state index in [2.05, 4.69) is 5.32 Å². The van der Waals surface area contributed by atoms with E-state index in [-0.39, 0.29) is 17.4 Å². The van der Waals surface area contributed by atoms with Crippen LogP contribution in [-0.2, 0) is 14.8 Å². The van der Waals surface area contributed by atoms with E-state index in [1.54, 1.807) is 4.31 Å². The summed E-state index contributed by atoms with van der Waals surface area (Å²) in [7, 11) is -3.33. The molecule has 2 saturated heterocycles. The molecule has 0 aliphatic carbocycles. The Balaban J connectivity index is 1.88. The van der Waals surface area contributed by atoms with Gasteiger partial charge in [0.25, 0.3) is 0 Å². The van der Waals surface area contributed by atoms with Crippen LogP contribution in [0.1, 0.15) is 32.6 Å². The summed E-state index contributed by atoms with van der Waals surface area (Å²) in [4.78, 5) is 0. The molecule has 2 aliphatic rings. The van der Waals surface area contributed by atoms with Crippen molar-refractivity contribution in [2.75, 3.05) is 29.8 Å². The topological polar surface area (TPSA) is 58.6 Å². The van der Waals surface area contributed by atoms with E-state index >= 15 is 0 Å². The number of nitrogens with zero attached hydrogens (tertiary/aromatic N) is 1. The molecule has 1 aromatic rings. The highest BCUT2D eigenvalue weighted by atomic mass is 32.2. The van der Waals surface area contributed by atoms with Gasteiger partial charge in [-0.25, -0.2) is 8.42 Å². The first-order valence-corrected chi connectivity index (χ1v) is 10.1. The Morgan fingerprint density at radius 3 is 2.61 bits per heavy atom. The fourth-order valence-electron chi connectivity index (χ4n) is 3.73. The van der Waals surface area contributed by atoms with Crippen LogP contribution in [0.4, 0.5) is 5.69 Å². The molecule has 2 aliphatic heterocycles. The number of sulfonamides is 1. The molecular weight excluding hydrogens is 312 g/mol. The largest absolute Gasteiger partial charge is 0.373 e. The highest BCUT2D eigenvalue weighted by molar-refractivity contribution is 7.92. The van der Waals surface area contributed by atoms with E-state index in [4.69, 9.17) is 4.74 Å². The lowest BCUT2D eigenvalue weighted by molar-refractivity contribution is -0.0192. The number of hydrogen-bond acceptors (Lipinski definition) is 4. The number of hydrogen-bond donors (Lipinski definition) is 1. The highest BCUT2D eigenvalue weighted by Crippen LogP contribution is 2.38. The van der Waals surface area contributed by atoms with E-state index in [9.17, 15) is 8.42 Å². The Bertz CT molecular complexity index is 612. The molecule has 0 bridgehead atoms. The number of piperidine rings is 1. The van der Waals surface area contributed by atoms with Crippen molar-refractivity contribution in [3.63, 3.8) is 0 Å². The molecular formula is C17H26N2O3S. The molecule has 1 aromatic carbocycles. The Morgan fingerprint density at radius 1 is 1.26 bits per heavy atom. The van der Waals surface area contributed by atoms with E-state index in [0.717, 1.165) is 38.0 Å². The van der Waals surface area contributed by atoms with Crippen LogP contribution in [0.2, 0.25) is 0 Å². The van der Waals surface area contributed by atoms with Gasteiger partial charge in [-0.3, -0.25) is 4.31 Å². The molecule has 23 heavy (non-hydrogen) atoms. The Morgan fingerprint density at radius 2 is 1.96 bits per heavy atom. The van der Waals surface area contributed by atoms with Gasteiger partial charge in [0, 0.05) is 6.42 Å². The third-order valence-corrected chi connectivity index (χ3v) is 6.84. The maximum atomic E-state index is 12.8. The first kappa shape index (κ1) is 16.7. The average molecular weight is 338 g/mol. The number of nitrogens with one attached hydrogen (secondary N) is 1. The van der Waals surface area contributed by atoms with Crippen LogP contribution in [0, 0.1) is 0 Å². The van der Waals surface area contributed by atoms with Crippen LogP contribution in [0.5, 0.6) is 0 Å². The summed E-state index contributed by atoms with van der Waals surface area (Å²) in [5, 5.41) is 3.35. The third kappa shape index (κ3) is 3.54. The summed E-state index contributed by atoms with van der Waals surface area (Å²) >= 11 is 0. The molecule has 6 heteroatoms. The predicted octanol–water partition coefficient (Wildman–Crippen LogP) is 2.14. The van der Waals surface area contributed by atoms with E-state index in [1.807, 2.05) is 37.3 Å². The lowest BCUT2D eigenvalue weighted by Gasteiger charge is -2.34. The van der Waals surface area contributed by atoms with Gasteiger partial charge in [-0.15, -0.1) is 0 Å². The second-order valence-electron chi connectivity index (χ2n) is 6.55. The van der Waals surface area contributed by atoms with E-state index in [0.29, 0.717) is 13.0 Å². The summed E-state index contributed by atoms with van der Waals surface area (Å²) in [6.45, 7) is 4.28. The summed E-state index contributed by atoms with van der Waals surface area (Å²) in [6, 6.07) is 9.33. The van der Waals surface area contributed by atoms with Crippen molar-refractivity contribution in [1.82, 2.24) is 5.32 Å². The van der Waals surface area contributed by atoms with Crippen LogP contribution >= 0.6 is 0 Å². The molecule has 2 fully saturated rings. The summed E-state index contributed by atoms with van der Waals surface area (Å²) < 4.78 is 33.4. The molecule has 1 spiro atoms. The van der Waals surface area contributed by atoms with E-state index < -0.39 is 10.0 Å². The number of benzene rings is 1. The Labute approximate surface area is 139 Å². The molecule has 0 amide bonds. The van der Waals surface area contributed by atoms with Gasteiger partial charge < -0.3 is 10.1 Å². The number of anilines is 1. The van der Waals surface area contributed by atoms with Gasteiger partial charge in [-0.1, -0.05) is 25.1 Å². The number of rotatable bonds is 5. The molecule has 3 rings (SSSR count). The molecule has 0 radical (unpaired) electrons. The predicted molar refractivity (Wildman–Crippen MR) is 92.2 cm³/mol. The van der Waals surface area contributed by atoms with Crippen molar-refractivity contribution in [3.05, 3.63) is 30.3 Å². The first-order valence-electron chi connectivity index (χ1n) is 8.48. The summed E-state index contributed by atoms with van der Waals surface area (Å²) in [5.41, 5.74) is 0.602. The van der Waals surface area contributed by atoms with Crippen molar-refractivity contribution in [1.29, 1.82) is 0 Å². The van der Waals surface area contributed by atoms with Gasteiger partial charge in [-0.05, 0) is 44.5 Å². The van der Waals surface area contributed by atoms with Crippen LogP contribution in [0.15, 0.2) is 30.3 Å². The molecule has 1 atom stereocenters. The van der Waals surface area contributed by atoms with Gasteiger partial charge >= 0.3 is 0 Å². The second-order valence-corrected chi connectivity index (χ2v) is 8.51. The quantitative estimate of drug-likeness (QED) is 0.894. The Hall–Kier alpha value is -1.11. The smallest absolute Gasteiger partial charge is 0.235 e. The third-order valence-electron chi connectivity index (χ3n) is 4.81. The number of para-hydroxylation sites is 1. The van der Waals surface area contributed by atoms with Crippen LogP contribution in [-0.4, -0.2) is 45.5 Å². The fraction of sp³-hybridized carbons (Fsp3) is 0.647. The zero-order valence-electron chi connectivity index (χ0n) is 13.7. The normalized spacial score (nSPS) is 24.0. The van der Waals surface area contributed by atoms with Gasteiger partial charge in [0.2, 0.25) is 10.0 Å². The highest BCUT2D eigenvalue weighted by Gasteiger charge is 2.45. The lowest BCUT2D eigenvalue weighted by Crippen LogP contribution is -2.45. The standard InChI is InChI=1S/C17H26N2O3S/c1-2-12-23(20,21)19(15-6-4-3-5-7-15)16-13-17(22-14-16)8-10-18-11-9-17/h3-7,16,18H,2,8-14H2,1H3/t16-/m0/s1. The summed E-state index contributed by atoms with van der Waals surface area (Å²) in [5.74, 6) is 0.174. The van der Waals surface area contributed by atoms with Crippen molar-refractivity contribution < 1.29 is 13.2 Å². The molecule has 5 nitrogen and oxygen atoms in total. The first-order chi connectivity index (χ1) is 11.1. The molecule has 128 valence electrons. The summed E-state index contributed by atoms with van der Waals surface area (Å²) in [6.07, 6.45) is 3.32. The Kier molecular flexibility index (Phi) is 4.94. The van der Waals surface area contributed by atoms with E-state index in [1.165, 1.54) is 0 Å². The zero-order chi connectivity index (χ0) is 16.3. The minimum Gasteiger partial charge on any atom is -0.373 e. The molecule has 0 saturated carbocycles. The minimum atomic E-state index is -3.33. The maximum absolute atomic E-state index is 12.8. The SMILES string of the molecule is CCCS(=O)(=O)N(c1ccccc1)[C@@H]1COC2(CCNCC2)C1. The van der Waals surface area contributed by atoms with Crippen molar-refractivity contribution in [2.45, 2.75) is 44.2 Å². The number of ether oxygens (including phenoxy) is 1. The zero-order valence-corrected chi connectivity index (χ0v) is 14.5. The van der Waals surface area contributed by atoms with Gasteiger partial charge in [-0.2, -0.15) is 0 Å². The molecule has 0 unspecified atom stereocenters. The van der Waals surface area contributed by atoms with Gasteiger partial charge in [0.05, 0.1) is 29.7 Å². The van der Waals surface area contributed by atoms with Crippen LogP contribution < -0.4 is 9.62 Å². The van der Waals surface area contributed by atoms with Gasteiger partial charge in [0.15, 0.2) is 0 Å². The average Bonchev–Trinajstić information content (AvgIpc) is 2.92. The molecule has 2 heterocycles. The minimum absolute atomic E-state index is 0.105. The van der Waals surface area contributed by atoms with Gasteiger partial charge in [0.1, 0.15) is 0 Å². The van der Waals surface area contributed by atoms with Crippen LogP contribution in [0.3, 0.4) is 0 Å². The molecule has 1 N–H and O–H groups in total. The lowest BCUT2D eigenvalue weighted by atomic mass is 9.88. The van der Waals surface area contributed by atoms with Crippen molar-refractivity contribution in [3.8, 4) is 0 Å². The van der Waals surface area contributed by atoms with Crippen molar-refractivity contribution in [2.24, 2.45) is 0 Å². The van der Waals surface area contributed by atoms with Crippen LogP contribution in [0.25, 0.3) is 0 Å².